The number of amides is 1. The third kappa shape index (κ3) is 4.54. The maximum Gasteiger partial charge on any atom is 0.269 e. The van der Waals surface area contributed by atoms with Gasteiger partial charge < -0.3 is 14.8 Å². The molecule has 1 aliphatic rings. The van der Waals surface area contributed by atoms with Crippen LogP contribution in [0.1, 0.15) is 37.0 Å². The summed E-state index contributed by atoms with van der Waals surface area (Å²) in [5.74, 6) is 0.419. The molecule has 1 saturated heterocycles. The monoisotopic (exact) mass is 295 g/mol. The Balaban J connectivity index is 1.95. The molecule has 1 fully saturated rings. The van der Waals surface area contributed by atoms with Crippen LogP contribution in [0.25, 0.3) is 0 Å². The maximum atomic E-state index is 12.3. The summed E-state index contributed by atoms with van der Waals surface area (Å²) in [7, 11) is 0. The molecular weight excluding hydrogens is 270 g/mol. The molecule has 1 N–H and O–H groups in total. The van der Waals surface area contributed by atoms with Crippen molar-refractivity contribution in [2.45, 2.75) is 39.8 Å². The normalized spacial score (nSPS) is 19.0. The lowest BCUT2D eigenvalue weighted by Crippen LogP contribution is -2.40. The van der Waals surface area contributed by atoms with E-state index in [2.05, 4.69) is 24.3 Å². The second-order valence-corrected chi connectivity index (χ2v) is 5.71. The van der Waals surface area contributed by atoms with E-state index < -0.39 is 0 Å². The topological polar surface area (TPSA) is 65.4 Å². The minimum absolute atomic E-state index is 0.0594. The number of ether oxygens (including phenoxy) is 2. The molecule has 1 aromatic heterocycles. The third-order valence-electron chi connectivity index (χ3n) is 3.36. The fourth-order valence-electron chi connectivity index (χ4n) is 2.36. The first-order valence-corrected chi connectivity index (χ1v) is 7.64. The van der Waals surface area contributed by atoms with E-state index in [-0.39, 0.29) is 12.0 Å². The van der Waals surface area contributed by atoms with E-state index in [4.69, 9.17) is 9.47 Å². The first kappa shape index (κ1) is 16.0. The molecule has 0 aliphatic carbocycles. The van der Waals surface area contributed by atoms with Crippen LogP contribution in [-0.2, 0) is 22.4 Å². The molecule has 1 aliphatic heterocycles. The highest BCUT2D eigenvalue weighted by Gasteiger charge is 2.18. The number of nitrogens with zero attached hydrogens (tertiary/aromatic N) is 2. The molecule has 0 spiro atoms. The van der Waals surface area contributed by atoms with Gasteiger partial charge in [0.15, 0.2) is 0 Å². The second-order valence-electron chi connectivity index (χ2n) is 5.71. The second kappa shape index (κ2) is 7.56. The smallest absolute Gasteiger partial charge is 0.269 e. The van der Waals surface area contributed by atoms with Crippen molar-refractivity contribution in [2.75, 3.05) is 26.4 Å². The highest BCUT2D eigenvalue weighted by molar-refractivity contribution is 5.92. The van der Waals surface area contributed by atoms with Gasteiger partial charge >= 0.3 is 0 Å². The van der Waals surface area contributed by atoms with Gasteiger partial charge in [-0.2, -0.15) is 5.10 Å². The standard InChI is InChI=1S/C15H25N3O3/c1-4-18-14(8-12(17-18)7-11(2)3)15(19)16-9-13-10-20-5-6-21-13/h8,11,13H,4-7,9-10H2,1-3H3,(H,16,19)/t13-/m0/s1. The van der Waals surface area contributed by atoms with Crippen LogP contribution in [0.2, 0.25) is 0 Å². The summed E-state index contributed by atoms with van der Waals surface area (Å²) < 4.78 is 12.6. The maximum absolute atomic E-state index is 12.3. The predicted octanol–water partition coefficient (Wildman–Crippen LogP) is 1.25. The fraction of sp³-hybridized carbons (Fsp3) is 0.733. The van der Waals surface area contributed by atoms with Gasteiger partial charge in [0.2, 0.25) is 0 Å². The van der Waals surface area contributed by atoms with E-state index >= 15 is 0 Å². The molecular formula is C15H25N3O3. The van der Waals surface area contributed by atoms with E-state index in [1.165, 1.54) is 0 Å². The molecule has 1 amide bonds. The van der Waals surface area contributed by atoms with Gasteiger partial charge in [-0.3, -0.25) is 9.48 Å². The van der Waals surface area contributed by atoms with Crippen LogP contribution in [0.5, 0.6) is 0 Å². The van der Waals surface area contributed by atoms with Gasteiger partial charge in [-0.1, -0.05) is 13.8 Å². The molecule has 6 heteroatoms. The quantitative estimate of drug-likeness (QED) is 0.858. The summed E-state index contributed by atoms with van der Waals surface area (Å²) in [6.45, 7) is 9.18. The minimum Gasteiger partial charge on any atom is -0.376 e. The molecule has 118 valence electrons. The van der Waals surface area contributed by atoms with Crippen LogP contribution >= 0.6 is 0 Å². The third-order valence-corrected chi connectivity index (χ3v) is 3.36. The van der Waals surface area contributed by atoms with Crippen LogP contribution in [0, 0.1) is 5.92 Å². The van der Waals surface area contributed by atoms with Crippen LogP contribution in [0.4, 0.5) is 0 Å². The number of carbonyl (C=O) groups is 1. The summed E-state index contributed by atoms with van der Waals surface area (Å²) in [6, 6.07) is 1.89. The number of nitrogens with one attached hydrogen (secondary N) is 1. The molecule has 0 unspecified atom stereocenters. The van der Waals surface area contributed by atoms with Crippen molar-refractivity contribution >= 4 is 5.91 Å². The number of carbonyl (C=O) groups excluding carboxylic acids is 1. The Morgan fingerprint density at radius 3 is 2.95 bits per heavy atom. The zero-order chi connectivity index (χ0) is 15.2. The highest BCUT2D eigenvalue weighted by Crippen LogP contribution is 2.10. The van der Waals surface area contributed by atoms with Gasteiger partial charge in [0, 0.05) is 13.1 Å². The zero-order valence-corrected chi connectivity index (χ0v) is 13.1. The predicted molar refractivity (Wildman–Crippen MR) is 79.3 cm³/mol. The first-order chi connectivity index (χ1) is 10.1. The molecule has 0 bridgehead atoms. The molecule has 2 rings (SSSR count). The lowest BCUT2D eigenvalue weighted by atomic mass is 10.1. The SMILES string of the molecule is CCn1nc(CC(C)C)cc1C(=O)NC[C@H]1COCCO1. The summed E-state index contributed by atoms with van der Waals surface area (Å²) in [5, 5.41) is 7.39. The Kier molecular flexibility index (Phi) is 5.76. The van der Waals surface area contributed by atoms with E-state index in [9.17, 15) is 4.79 Å². The minimum atomic E-state index is -0.103. The Bertz CT molecular complexity index is 465. The first-order valence-electron chi connectivity index (χ1n) is 7.64. The van der Waals surface area contributed by atoms with Crippen molar-refractivity contribution in [1.82, 2.24) is 15.1 Å². The number of aromatic nitrogens is 2. The van der Waals surface area contributed by atoms with Crippen LogP contribution in [0.3, 0.4) is 0 Å². The van der Waals surface area contributed by atoms with Crippen LogP contribution in [0.15, 0.2) is 6.07 Å². The highest BCUT2D eigenvalue weighted by atomic mass is 16.6. The molecule has 1 aromatic rings. The van der Waals surface area contributed by atoms with Gasteiger partial charge in [-0.05, 0) is 25.3 Å². The molecule has 0 radical (unpaired) electrons. The Hall–Kier alpha value is -1.40. The summed E-state index contributed by atoms with van der Waals surface area (Å²) in [4.78, 5) is 12.3. The number of hydrogen-bond acceptors (Lipinski definition) is 4. The van der Waals surface area contributed by atoms with Gasteiger partial charge in [0.1, 0.15) is 5.69 Å². The van der Waals surface area contributed by atoms with Gasteiger partial charge in [-0.15, -0.1) is 0 Å². The van der Waals surface area contributed by atoms with Gasteiger partial charge in [0.25, 0.3) is 5.91 Å². The number of rotatable bonds is 6. The summed E-state index contributed by atoms with van der Waals surface area (Å²) >= 11 is 0. The van der Waals surface area contributed by atoms with Crippen LogP contribution < -0.4 is 5.32 Å². The Morgan fingerprint density at radius 2 is 2.33 bits per heavy atom. The fourth-order valence-corrected chi connectivity index (χ4v) is 2.36. The van der Waals surface area contributed by atoms with E-state index in [0.29, 0.717) is 44.5 Å². The van der Waals surface area contributed by atoms with E-state index in [1.54, 1.807) is 4.68 Å². The van der Waals surface area contributed by atoms with Crippen molar-refractivity contribution in [1.29, 1.82) is 0 Å². The number of hydrogen-bond donors (Lipinski definition) is 1. The summed E-state index contributed by atoms with van der Waals surface area (Å²) in [5.41, 5.74) is 1.58. The van der Waals surface area contributed by atoms with E-state index in [1.807, 2.05) is 13.0 Å². The average Bonchev–Trinajstić information content (AvgIpc) is 2.88. The van der Waals surface area contributed by atoms with Crippen molar-refractivity contribution in [3.05, 3.63) is 17.5 Å². The largest absolute Gasteiger partial charge is 0.376 e. The molecule has 21 heavy (non-hydrogen) atoms. The zero-order valence-electron chi connectivity index (χ0n) is 13.1. The van der Waals surface area contributed by atoms with Crippen LogP contribution in [-0.4, -0.2) is 48.2 Å². The molecule has 0 aromatic carbocycles. The average molecular weight is 295 g/mol. The van der Waals surface area contributed by atoms with Crippen molar-refractivity contribution in [3.63, 3.8) is 0 Å². The molecule has 0 saturated carbocycles. The molecule has 6 nitrogen and oxygen atoms in total. The lowest BCUT2D eigenvalue weighted by molar-refractivity contribution is -0.0855. The Labute approximate surface area is 125 Å². The van der Waals surface area contributed by atoms with Crippen molar-refractivity contribution in [2.24, 2.45) is 5.92 Å². The van der Waals surface area contributed by atoms with E-state index in [0.717, 1.165) is 12.1 Å². The Morgan fingerprint density at radius 1 is 1.52 bits per heavy atom. The molecule has 1 atom stereocenters. The molecule has 2 heterocycles. The van der Waals surface area contributed by atoms with Crippen molar-refractivity contribution < 1.29 is 14.3 Å². The lowest BCUT2D eigenvalue weighted by Gasteiger charge is -2.23. The van der Waals surface area contributed by atoms with Crippen molar-refractivity contribution in [3.8, 4) is 0 Å². The van der Waals surface area contributed by atoms with Gasteiger partial charge in [-0.25, -0.2) is 0 Å². The van der Waals surface area contributed by atoms with Gasteiger partial charge in [0.05, 0.1) is 31.6 Å². The number of aryl methyl sites for hydroxylation is 1. The summed E-state index contributed by atoms with van der Waals surface area (Å²) in [6.07, 6.45) is 0.822.